The first-order valence-electron chi connectivity index (χ1n) is 11.7. The van der Waals surface area contributed by atoms with Crippen molar-refractivity contribution in [1.82, 2.24) is 4.90 Å². The van der Waals surface area contributed by atoms with Crippen LogP contribution in [0.5, 0.6) is 5.75 Å². The number of piperidine rings is 1. The molecule has 180 valence electrons. The number of benzene rings is 3. The van der Waals surface area contributed by atoms with Crippen LogP contribution in [0.3, 0.4) is 0 Å². The number of hydrogen-bond donors (Lipinski definition) is 2. The fraction of sp³-hybridized carbons (Fsp3) is 0.250. The molecular formula is C28H29N3O4. The summed E-state index contributed by atoms with van der Waals surface area (Å²) < 4.78 is 5.12. The zero-order chi connectivity index (χ0) is 24.8. The molecule has 0 spiro atoms. The van der Waals surface area contributed by atoms with Gasteiger partial charge in [0.05, 0.1) is 7.11 Å². The summed E-state index contributed by atoms with van der Waals surface area (Å²) >= 11 is 0. The van der Waals surface area contributed by atoms with Crippen LogP contribution in [0.1, 0.15) is 39.1 Å². The number of aryl methyl sites for hydroxylation is 1. The van der Waals surface area contributed by atoms with Crippen LogP contribution in [0.4, 0.5) is 11.4 Å². The summed E-state index contributed by atoms with van der Waals surface area (Å²) in [6, 6.07) is 21.5. The van der Waals surface area contributed by atoms with Crippen molar-refractivity contribution >= 4 is 29.1 Å². The van der Waals surface area contributed by atoms with Crippen molar-refractivity contribution in [2.45, 2.75) is 19.8 Å². The second-order valence-electron chi connectivity index (χ2n) is 8.63. The van der Waals surface area contributed by atoms with Gasteiger partial charge in [0.2, 0.25) is 5.91 Å². The van der Waals surface area contributed by atoms with Gasteiger partial charge in [-0.3, -0.25) is 14.4 Å². The van der Waals surface area contributed by atoms with E-state index in [0.29, 0.717) is 54.2 Å². The number of ether oxygens (including phenoxy) is 1. The number of methoxy groups -OCH3 is 1. The maximum Gasteiger partial charge on any atom is 0.255 e. The molecule has 0 saturated carbocycles. The average Bonchev–Trinajstić information content (AvgIpc) is 2.89. The molecule has 1 fully saturated rings. The highest BCUT2D eigenvalue weighted by Crippen LogP contribution is 2.22. The first-order chi connectivity index (χ1) is 16.9. The van der Waals surface area contributed by atoms with Crippen LogP contribution >= 0.6 is 0 Å². The van der Waals surface area contributed by atoms with Gasteiger partial charge in [0.25, 0.3) is 11.8 Å². The minimum absolute atomic E-state index is 0.0189. The third-order valence-corrected chi connectivity index (χ3v) is 6.29. The van der Waals surface area contributed by atoms with E-state index in [1.807, 2.05) is 36.1 Å². The van der Waals surface area contributed by atoms with Crippen LogP contribution in [0.15, 0.2) is 72.8 Å². The number of carbonyl (C=O) groups excluding carboxylic acids is 3. The molecule has 2 N–H and O–H groups in total. The molecule has 1 aliphatic heterocycles. The van der Waals surface area contributed by atoms with E-state index in [0.717, 1.165) is 5.56 Å². The first-order valence-corrected chi connectivity index (χ1v) is 11.7. The van der Waals surface area contributed by atoms with Gasteiger partial charge in [0, 0.05) is 41.5 Å². The van der Waals surface area contributed by atoms with Crippen molar-refractivity contribution in [3.05, 3.63) is 89.5 Å². The highest BCUT2D eigenvalue weighted by molar-refractivity contribution is 6.04. The Morgan fingerprint density at radius 1 is 0.829 bits per heavy atom. The summed E-state index contributed by atoms with van der Waals surface area (Å²) in [7, 11) is 1.59. The number of carbonyl (C=O) groups is 3. The highest BCUT2D eigenvalue weighted by atomic mass is 16.5. The molecular weight excluding hydrogens is 442 g/mol. The zero-order valence-electron chi connectivity index (χ0n) is 19.9. The summed E-state index contributed by atoms with van der Waals surface area (Å²) in [5.74, 6) is 0.272. The summed E-state index contributed by atoms with van der Waals surface area (Å²) in [6.07, 6.45) is 1.23. The fourth-order valence-corrected chi connectivity index (χ4v) is 4.15. The molecule has 7 nitrogen and oxygen atoms in total. The topological polar surface area (TPSA) is 87.7 Å². The second-order valence-corrected chi connectivity index (χ2v) is 8.63. The lowest BCUT2D eigenvalue weighted by Crippen LogP contribution is -2.41. The van der Waals surface area contributed by atoms with Crippen LogP contribution < -0.4 is 15.4 Å². The molecule has 0 unspecified atom stereocenters. The van der Waals surface area contributed by atoms with Crippen molar-refractivity contribution in [3.8, 4) is 5.75 Å². The van der Waals surface area contributed by atoms with Crippen molar-refractivity contribution < 1.29 is 19.1 Å². The maximum absolute atomic E-state index is 12.8. The van der Waals surface area contributed by atoms with Gasteiger partial charge in [0.1, 0.15) is 5.75 Å². The zero-order valence-corrected chi connectivity index (χ0v) is 19.9. The highest BCUT2D eigenvalue weighted by Gasteiger charge is 2.28. The van der Waals surface area contributed by atoms with Gasteiger partial charge in [-0.05, 0) is 79.9 Å². The Labute approximate surface area is 205 Å². The largest absolute Gasteiger partial charge is 0.497 e. The van der Waals surface area contributed by atoms with E-state index < -0.39 is 0 Å². The van der Waals surface area contributed by atoms with Gasteiger partial charge in [-0.1, -0.05) is 18.2 Å². The van der Waals surface area contributed by atoms with Crippen LogP contribution in [-0.2, 0) is 4.79 Å². The van der Waals surface area contributed by atoms with Crippen LogP contribution in [0.2, 0.25) is 0 Å². The van der Waals surface area contributed by atoms with Gasteiger partial charge >= 0.3 is 0 Å². The third kappa shape index (κ3) is 5.87. The quantitative estimate of drug-likeness (QED) is 0.543. The van der Waals surface area contributed by atoms with Crippen LogP contribution in [-0.4, -0.2) is 42.8 Å². The van der Waals surface area contributed by atoms with E-state index in [2.05, 4.69) is 10.6 Å². The van der Waals surface area contributed by atoms with Crippen molar-refractivity contribution in [1.29, 1.82) is 0 Å². The summed E-state index contributed by atoms with van der Waals surface area (Å²) in [4.78, 5) is 39.9. The molecule has 35 heavy (non-hydrogen) atoms. The summed E-state index contributed by atoms with van der Waals surface area (Å²) in [5, 5.41) is 5.77. The minimum Gasteiger partial charge on any atom is -0.497 e. The number of nitrogens with zero attached hydrogens (tertiary/aromatic N) is 1. The van der Waals surface area contributed by atoms with E-state index in [4.69, 9.17) is 4.74 Å². The molecule has 1 aliphatic rings. The van der Waals surface area contributed by atoms with E-state index in [1.165, 1.54) is 0 Å². The molecule has 1 heterocycles. The van der Waals surface area contributed by atoms with Gasteiger partial charge in [0.15, 0.2) is 0 Å². The van der Waals surface area contributed by atoms with Crippen molar-refractivity contribution in [2.75, 3.05) is 30.8 Å². The van der Waals surface area contributed by atoms with E-state index >= 15 is 0 Å². The molecule has 1 saturated heterocycles. The minimum atomic E-state index is -0.237. The number of rotatable bonds is 6. The molecule has 0 atom stereocenters. The molecule has 3 aromatic rings. The lowest BCUT2D eigenvalue weighted by Gasteiger charge is -2.31. The molecule has 4 rings (SSSR count). The lowest BCUT2D eigenvalue weighted by atomic mass is 9.95. The fourth-order valence-electron chi connectivity index (χ4n) is 4.15. The Morgan fingerprint density at radius 3 is 2.06 bits per heavy atom. The Hall–Kier alpha value is -4.13. The normalized spacial score (nSPS) is 13.7. The average molecular weight is 472 g/mol. The Kier molecular flexibility index (Phi) is 7.45. The number of likely N-dealkylation sites (tertiary alicyclic amines) is 1. The molecule has 7 heteroatoms. The molecule has 0 aliphatic carbocycles. The van der Waals surface area contributed by atoms with Crippen molar-refractivity contribution in [3.63, 3.8) is 0 Å². The Morgan fingerprint density at radius 2 is 1.43 bits per heavy atom. The van der Waals surface area contributed by atoms with E-state index in [9.17, 15) is 14.4 Å². The standard InChI is InChI=1S/C28H29N3O4/c1-19-5-3-4-6-25(19)28(34)31-17-15-21(16-18-31)27(33)29-22-9-7-20(8-10-22)26(32)30-23-11-13-24(35-2)14-12-23/h3-14,21H,15-18H2,1-2H3,(H,29,33)(H,30,32). The third-order valence-electron chi connectivity index (χ3n) is 6.29. The van der Waals surface area contributed by atoms with Gasteiger partial charge in [-0.15, -0.1) is 0 Å². The monoisotopic (exact) mass is 471 g/mol. The number of amides is 3. The van der Waals surface area contributed by atoms with Gasteiger partial charge < -0.3 is 20.3 Å². The van der Waals surface area contributed by atoms with Crippen LogP contribution in [0.25, 0.3) is 0 Å². The Bertz CT molecular complexity index is 1200. The van der Waals surface area contributed by atoms with Crippen molar-refractivity contribution in [2.24, 2.45) is 5.92 Å². The lowest BCUT2D eigenvalue weighted by molar-refractivity contribution is -0.121. The van der Waals surface area contributed by atoms with Crippen LogP contribution in [0, 0.1) is 12.8 Å². The molecule has 0 radical (unpaired) electrons. The summed E-state index contributed by atoms with van der Waals surface area (Å²) in [5.41, 5.74) is 3.46. The number of nitrogens with one attached hydrogen (secondary N) is 2. The Balaban J connectivity index is 1.28. The summed E-state index contributed by atoms with van der Waals surface area (Å²) in [6.45, 7) is 3.03. The maximum atomic E-state index is 12.8. The molecule has 0 bridgehead atoms. The molecule has 3 aromatic carbocycles. The van der Waals surface area contributed by atoms with E-state index in [1.54, 1.807) is 55.6 Å². The number of hydrogen-bond acceptors (Lipinski definition) is 4. The smallest absolute Gasteiger partial charge is 0.255 e. The second kappa shape index (κ2) is 10.9. The van der Waals surface area contributed by atoms with Gasteiger partial charge in [-0.2, -0.15) is 0 Å². The molecule has 0 aromatic heterocycles. The number of anilines is 2. The predicted molar refractivity (Wildman–Crippen MR) is 136 cm³/mol. The molecule has 3 amide bonds. The predicted octanol–water partition coefficient (Wildman–Crippen LogP) is 4.75. The van der Waals surface area contributed by atoms with E-state index in [-0.39, 0.29) is 23.6 Å². The first kappa shape index (κ1) is 24.0. The van der Waals surface area contributed by atoms with Gasteiger partial charge in [-0.25, -0.2) is 0 Å². The SMILES string of the molecule is COc1ccc(NC(=O)c2ccc(NC(=O)C3CCN(C(=O)c4ccccc4C)CC3)cc2)cc1.